The highest BCUT2D eigenvalue weighted by atomic mass is 32.2. The molecule has 0 unspecified atom stereocenters. The van der Waals surface area contributed by atoms with Crippen LogP contribution in [0.2, 0.25) is 0 Å². The molecule has 0 aliphatic rings. The van der Waals surface area contributed by atoms with Crippen LogP contribution in [0.1, 0.15) is 13.3 Å². The van der Waals surface area contributed by atoms with Crippen molar-refractivity contribution in [1.82, 2.24) is 4.72 Å². The zero-order chi connectivity index (χ0) is 15.3. The van der Waals surface area contributed by atoms with E-state index in [0.717, 1.165) is 5.39 Å². The molecule has 5 nitrogen and oxygen atoms in total. The van der Waals surface area contributed by atoms with Crippen molar-refractivity contribution in [3.05, 3.63) is 36.4 Å². The van der Waals surface area contributed by atoms with Crippen LogP contribution in [-0.4, -0.2) is 28.2 Å². The summed E-state index contributed by atoms with van der Waals surface area (Å²) in [5, 5.41) is 1.38. The number of hydrogen-bond acceptors (Lipinski definition) is 4. The Morgan fingerprint density at radius 3 is 2.57 bits per heavy atom. The van der Waals surface area contributed by atoms with E-state index in [1.54, 1.807) is 24.3 Å². The lowest BCUT2D eigenvalue weighted by molar-refractivity contribution is 0.146. The van der Waals surface area contributed by atoms with Gasteiger partial charge in [0.1, 0.15) is 0 Å². The van der Waals surface area contributed by atoms with Crippen molar-refractivity contribution in [3.63, 3.8) is 0 Å². The molecule has 0 radical (unpaired) electrons. The highest BCUT2D eigenvalue weighted by Crippen LogP contribution is 2.27. The smallest absolute Gasteiger partial charge is 0.241 e. The van der Waals surface area contributed by atoms with Gasteiger partial charge in [0.2, 0.25) is 10.0 Å². The molecule has 3 N–H and O–H groups in total. The lowest BCUT2D eigenvalue weighted by atomic mass is 10.1. The molecular formula is C15H20N2O3S. The van der Waals surface area contributed by atoms with Crippen molar-refractivity contribution >= 4 is 26.5 Å². The minimum Gasteiger partial charge on any atom is -0.398 e. The minimum absolute atomic E-state index is 0.253. The van der Waals surface area contributed by atoms with E-state index in [2.05, 4.69) is 4.72 Å². The summed E-state index contributed by atoms with van der Waals surface area (Å²) in [4.78, 5) is 0.253. The Morgan fingerprint density at radius 2 is 1.86 bits per heavy atom. The van der Waals surface area contributed by atoms with Gasteiger partial charge in [0, 0.05) is 36.2 Å². The third-order valence-corrected chi connectivity index (χ3v) is 4.69. The molecule has 0 aliphatic heterocycles. The van der Waals surface area contributed by atoms with Crippen LogP contribution in [-0.2, 0) is 14.8 Å². The predicted octanol–water partition coefficient (Wildman–Crippen LogP) is 2.13. The molecule has 0 saturated heterocycles. The predicted molar refractivity (Wildman–Crippen MR) is 84.7 cm³/mol. The Balaban J connectivity index is 2.23. The van der Waals surface area contributed by atoms with Crippen LogP contribution < -0.4 is 10.5 Å². The number of nitrogens with one attached hydrogen (secondary N) is 1. The highest BCUT2D eigenvalue weighted by Gasteiger charge is 2.17. The zero-order valence-corrected chi connectivity index (χ0v) is 12.8. The summed E-state index contributed by atoms with van der Waals surface area (Å²) < 4.78 is 32.6. The standard InChI is InChI=1S/C15H20N2O3S/c1-2-20-11-5-10-17-21(18,19)15-9-8-14(16)12-6-3-4-7-13(12)15/h3-4,6-9,17H,2,5,10-11,16H2,1H3. The molecule has 0 amide bonds. The SMILES string of the molecule is CCOCCCNS(=O)(=O)c1ccc(N)c2ccccc12. The van der Waals surface area contributed by atoms with Crippen molar-refractivity contribution in [1.29, 1.82) is 0 Å². The van der Waals surface area contributed by atoms with E-state index in [-0.39, 0.29) is 4.90 Å². The van der Waals surface area contributed by atoms with Gasteiger partial charge >= 0.3 is 0 Å². The average Bonchev–Trinajstić information content (AvgIpc) is 2.47. The van der Waals surface area contributed by atoms with E-state index in [4.69, 9.17) is 10.5 Å². The molecule has 0 atom stereocenters. The fraction of sp³-hybridized carbons (Fsp3) is 0.333. The minimum atomic E-state index is -3.55. The molecule has 0 spiro atoms. The normalized spacial score (nSPS) is 11.9. The van der Waals surface area contributed by atoms with Crippen molar-refractivity contribution < 1.29 is 13.2 Å². The molecule has 2 aromatic rings. The Labute approximate surface area is 125 Å². The van der Waals surface area contributed by atoms with Crippen LogP contribution in [0.15, 0.2) is 41.3 Å². The van der Waals surface area contributed by atoms with Crippen molar-refractivity contribution in [2.45, 2.75) is 18.2 Å². The number of nitrogen functional groups attached to an aromatic ring is 1. The third-order valence-electron chi connectivity index (χ3n) is 3.17. The fourth-order valence-corrected chi connectivity index (χ4v) is 3.42. The van der Waals surface area contributed by atoms with Crippen LogP contribution in [0.4, 0.5) is 5.69 Å². The summed E-state index contributed by atoms with van der Waals surface area (Å²) in [6.07, 6.45) is 0.639. The molecule has 2 aromatic carbocycles. The quantitative estimate of drug-likeness (QED) is 0.606. The lowest BCUT2D eigenvalue weighted by Crippen LogP contribution is -2.25. The first kappa shape index (κ1) is 15.8. The topological polar surface area (TPSA) is 81.4 Å². The van der Waals surface area contributed by atoms with Gasteiger partial charge in [-0.2, -0.15) is 0 Å². The van der Waals surface area contributed by atoms with Crippen molar-refractivity contribution in [2.24, 2.45) is 0 Å². The van der Waals surface area contributed by atoms with Gasteiger partial charge in [-0.3, -0.25) is 0 Å². The maximum Gasteiger partial charge on any atom is 0.241 e. The van der Waals surface area contributed by atoms with E-state index < -0.39 is 10.0 Å². The van der Waals surface area contributed by atoms with Gasteiger partial charge in [-0.1, -0.05) is 24.3 Å². The second kappa shape index (κ2) is 6.89. The number of ether oxygens (including phenoxy) is 1. The first-order chi connectivity index (χ1) is 10.1. The van der Waals surface area contributed by atoms with Gasteiger partial charge in [0.25, 0.3) is 0 Å². The van der Waals surface area contributed by atoms with Crippen LogP contribution >= 0.6 is 0 Å². The van der Waals surface area contributed by atoms with Crippen LogP contribution in [0, 0.1) is 0 Å². The van der Waals surface area contributed by atoms with Crippen LogP contribution in [0.3, 0.4) is 0 Å². The summed E-state index contributed by atoms with van der Waals surface area (Å²) in [7, 11) is -3.55. The molecule has 2 rings (SSSR count). The molecule has 0 heterocycles. The lowest BCUT2D eigenvalue weighted by Gasteiger charge is -2.11. The molecule has 0 aromatic heterocycles. The van der Waals surface area contributed by atoms with Crippen molar-refractivity contribution in [3.8, 4) is 0 Å². The molecule has 0 fully saturated rings. The van der Waals surface area contributed by atoms with E-state index in [0.29, 0.717) is 37.3 Å². The number of nitrogens with two attached hydrogens (primary N) is 1. The van der Waals surface area contributed by atoms with E-state index in [1.807, 2.05) is 19.1 Å². The van der Waals surface area contributed by atoms with E-state index in [9.17, 15) is 8.42 Å². The van der Waals surface area contributed by atoms with Crippen LogP contribution in [0.5, 0.6) is 0 Å². The van der Waals surface area contributed by atoms with Gasteiger partial charge in [0.15, 0.2) is 0 Å². The molecule has 21 heavy (non-hydrogen) atoms. The van der Waals surface area contributed by atoms with Gasteiger partial charge in [-0.05, 0) is 25.5 Å². The third kappa shape index (κ3) is 3.72. The van der Waals surface area contributed by atoms with E-state index in [1.165, 1.54) is 0 Å². The number of hydrogen-bond donors (Lipinski definition) is 2. The van der Waals surface area contributed by atoms with Gasteiger partial charge < -0.3 is 10.5 Å². The number of anilines is 1. The first-order valence-corrected chi connectivity index (χ1v) is 8.39. The summed E-state index contributed by atoms with van der Waals surface area (Å²) in [5.41, 5.74) is 6.46. The second-order valence-electron chi connectivity index (χ2n) is 4.65. The van der Waals surface area contributed by atoms with Gasteiger partial charge in [0.05, 0.1) is 4.90 Å². The summed E-state index contributed by atoms with van der Waals surface area (Å²) >= 11 is 0. The Bertz CT molecular complexity index is 714. The molecule has 114 valence electrons. The second-order valence-corrected chi connectivity index (χ2v) is 6.38. The monoisotopic (exact) mass is 308 g/mol. The number of sulfonamides is 1. The summed E-state index contributed by atoms with van der Waals surface area (Å²) in [5.74, 6) is 0. The fourth-order valence-electron chi connectivity index (χ4n) is 2.13. The largest absolute Gasteiger partial charge is 0.398 e. The Hall–Kier alpha value is -1.63. The number of benzene rings is 2. The number of rotatable bonds is 7. The Kier molecular flexibility index (Phi) is 5.17. The van der Waals surface area contributed by atoms with Gasteiger partial charge in [-0.15, -0.1) is 0 Å². The maximum absolute atomic E-state index is 12.4. The molecule has 6 heteroatoms. The Morgan fingerprint density at radius 1 is 1.14 bits per heavy atom. The maximum atomic E-state index is 12.4. The summed E-state index contributed by atoms with van der Waals surface area (Å²) in [6.45, 7) is 3.43. The van der Waals surface area contributed by atoms with Gasteiger partial charge in [-0.25, -0.2) is 13.1 Å². The van der Waals surface area contributed by atoms with Crippen LogP contribution in [0.25, 0.3) is 10.8 Å². The molecular weight excluding hydrogens is 288 g/mol. The highest BCUT2D eigenvalue weighted by molar-refractivity contribution is 7.89. The molecule has 0 aliphatic carbocycles. The van der Waals surface area contributed by atoms with Crippen molar-refractivity contribution in [2.75, 3.05) is 25.5 Å². The zero-order valence-electron chi connectivity index (χ0n) is 12.0. The molecule has 0 saturated carbocycles. The molecule has 0 bridgehead atoms. The average molecular weight is 308 g/mol. The number of fused-ring (bicyclic) bond motifs is 1. The van der Waals surface area contributed by atoms with E-state index >= 15 is 0 Å². The summed E-state index contributed by atoms with van der Waals surface area (Å²) in [6, 6.07) is 10.4. The first-order valence-electron chi connectivity index (χ1n) is 6.91.